The molecule has 0 aromatic heterocycles. The second-order valence-corrected chi connectivity index (χ2v) is 3.13. The molecule has 14 heavy (non-hydrogen) atoms. The molecule has 0 saturated heterocycles. The molecule has 78 valence electrons. The smallest absolute Gasteiger partial charge is 0.121 e. The highest BCUT2D eigenvalue weighted by molar-refractivity contribution is 5.72. The van der Waals surface area contributed by atoms with Crippen LogP contribution in [0.4, 0.5) is 11.4 Å². The quantitative estimate of drug-likeness (QED) is 0.723. The van der Waals surface area contributed by atoms with Gasteiger partial charge in [-0.3, -0.25) is 0 Å². The van der Waals surface area contributed by atoms with Crippen molar-refractivity contribution in [1.29, 1.82) is 0 Å². The van der Waals surface area contributed by atoms with Crippen molar-refractivity contribution in [2.75, 3.05) is 24.7 Å². The lowest BCUT2D eigenvalue weighted by atomic mass is 10.1. The summed E-state index contributed by atoms with van der Waals surface area (Å²) in [5.74, 6) is 0.854. The van der Waals surface area contributed by atoms with Gasteiger partial charge in [-0.15, -0.1) is 0 Å². The average molecular weight is 194 g/mol. The van der Waals surface area contributed by atoms with Gasteiger partial charge < -0.3 is 15.8 Å². The summed E-state index contributed by atoms with van der Waals surface area (Å²) in [6, 6.07) is 3.91. The lowest BCUT2D eigenvalue weighted by molar-refractivity contribution is 0.414. The summed E-state index contributed by atoms with van der Waals surface area (Å²) >= 11 is 0. The normalized spacial score (nSPS) is 9.93. The van der Waals surface area contributed by atoms with Gasteiger partial charge in [-0.2, -0.15) is 0 Å². The van der Waals surface area contributed by atoms with Gasteiger partial charge in [0.15, 0.2) is 0 Å². The number of nitrogens with one attached hydrogen (secondary N) is 1. The first-order chi connectivity index (χ1) is 6.72. The molecule has 0 aliphatic rings. The van der Waals surface area contributed by atoms with E-state index in [1.807, 2.05) is 19.1 Å². The first-order valence-electron chi connectivity index (χ1n) is 4.93. The zero-order chi connectivity index (χ0) is 10.6. The molecule has 0 aliphatic heterocycles. The Bertz CT molecular complexity index is 310. The highest BCUT2D eigenvalue weighted by Gasteiger charge is 2.06. The summed E-state index contributed by atoms with van der Waals surface area (Å²) in [7, 11) is 1.67. The predicted molar refractivity (Wildman–Crippen MR) is 60.9 cm³/mol. The Morgan fingerprint density at radius 2 is 2.07 bits per heavy atom. The molecule has 0 amide bonds. The van der Waals surface area contributed by atoms with Crippen LogP contribution in [0.5, 0.6) is 5.75 Å². The maximum Gasteiger partial charge on any atom is 0.121 e. The Balaban J connectivity index is 3.12. The number of rotatable bonds is 4. The van der Waals surface area contributed by atoms with E-state index in [1.165, 1.54) is 0 Å². The Labute approximate surface area is 85.3 Å². The molecule has 1 rings (SSSR count). The van der Waals surface area contributed by atoms with Crippen molar-refractivity contribution in [3.63, 3.8) is 0 Å². The van der Waals surface area contributed by atoms with Crippen molar-refractivity contribution in [3.05, 3.63) is 17.7 Å². The number of benzene rings is 1. The van der Waals surface area contributed by atoms with Crippen LogP contribution in [0.3, 0.4) is 0 Å². The molecule has 0 atom stereocenters. The van der Waals surface area contributed by atoms with Crippen LogP contribution in [0.2, 0.25) is 0 Å². The Hall–Kier alpha value is -1.38. The topological polar surface area (TPSA) is 47.3 Å². The summed E-state index contributed by atoms with van der Waals surface area (Å²) < 4.78 is 5.20. The maximum atomic E-state index is 5.99. The molecule has 0 saturated carbocycles. The van der Waals surface area contributed by atoms with E-state index in [0.717, 1.165) is 35.7 Å². The van der Waals surface area contributed by atoms with Gasteiger partial charge >= 0.3 is 0 Å². The molecule has 0 unspecified atom stereocenters. The van der Waals surface area contributed by atoms with E-state index in [-0.39, 0.29) is 0 Å². The van der Waals surface area contributed by atoms with Crippen LogP contribution in [0.1, 0.15) is 19.4 Å². The second-order valence-electron chi connectivity index (χ2n) is 3.13. The van der Waals surface area contributed by atoms with E-state index in [0.29, 0.717) is 0 Å². The SMILES string of the molecule is CCNc1cc(OC)cc(CC)c1N. The van der Waals surface area contributed by atoms with Crippen LogP contribution < -0.4 is 15.8 Å². The largest absolute Gasteiger partial charge is 0.497 e. The van der Waals surface area contributed by atoms with Gasteiger partial charge in [0.25, 0.3) is 0 Å². The molecule has 0 fully saturated rings. The van der Waals surface area contributed by atoms with Gasteiger partial charge in [0, 0.05) is 12.6 Å². The third-order valence-electron chi connectivity index (χ3n) is 2.22. The minimum atomic E-state index is 0.829. The Kier molecular flexibility index (Phi) is 3.63. The van der Waals surface area contributed by atoms with Gasteiger partial charge in [0.05, 0.1) is 18.5 Å². The van der Waals surface area contributed by atoms with E-state index in [9.17, 15) is 0 Å². The highest BCUT2D eigenvalue weighted by Crippen LogP contribution is 2.29. The number of anilines is 2. The molecule has 0 spiro atoms. The van der Waals surface area contributed by atoms with Crippen LogP contribution in [0, 0.1) is 0 Å². The van der Waals surface area contributed by atoms with Crippen molar-refractivity contribution in [3.8, 4) is 5.75 Å². The molecule has 0 radical (unpaired) electrons. The molecular formula is C11H18N2O. The number of hydrogen-bond donors (Lipinski definition) is 2. The minimum Gasteiger partial charge on any atom is -0.497 e. The standard InChI is InChI=1S/C11H18N2O/c1-4-8-6-9(14-3)7-10(11(8)12)13-5-2/h6-7,13H,4-5,12H2,1-3H3. The molecule has 3 heteroatoms. The fourth-order valence-corrected chi connectivity index (χ4v) is 1.43. The Morgan fingerprint density at radius 1 is 1.36 bits per heavy atom. The van der Waals surface area contributed by atoms with Crippen LogP contribution in [0.15, 0.2) is 12.1 Å². The maximum absolute atomic E-state index is 5.99. The van der Waals surface area contributed by atoms with Crippen molar-refractivity contribution in [1.82, 2.24) is 0 Å². The number of methoxy groups -OCH3 is 1. The van der Waals surface area contributed by atoms with E-state index in [1.54, 1.807) is 7.11 Å². The zero-order valence-corrected chi connectivity index (χ0v) is 9.05. The van der Waals surface area contributed by atoms with E-state index in [4.69, 9.17) is 10.5 Å². The van der Waals surface area contributed by atoms with Crippen molar-refractivity contribution < 1.29 is 4.74 Å². The van der Waals surface area contributed by atoms with Gasteiger partial charge in [-0.05, 0) is 25.0 Å². The van der Waals surface area contributed by atoms with E-state index >= 15 is 0 Å². The molecule has 0 bridgehead atoms. The third kappa shape index (κ3) is 2.10. The summed E-state index contributed by atoms with van der Waals surface area (Å²) in [5.41, 5.74) is 8.90. The third-order valence-corrected chi connectivity index (χ3v) is 2.22. The summed E-state index contributed by atoms with van der Waals surface area (Å²) in [6.07, 6.45) is 0.918. The zero-order valence-electron chi connectivity index (χ0n) is 9.05. The van der Waals surface area contributed by atoms with Gasteiger partial charge in [-0.1, -0.05) is 6.92 Å². The van der Waals surface area contributed by atoms with Gasteiger partial charge in [0.1, 0.15) is 5.75 Å². The van der Waals surface area contributed by atoms with Crippen molar-refractivity contribution in [2.45, 2.75) is 20.3 Å². The molecule has 1 aromatic rings. The van der Waals surface area contributed by atoms with Crippen LogP contribution >= 0.6 is 0 Å². The van der Waals surface area contributed by atoms with Gasteiger partial charge in [0.2, 0.25) is 0 Å². The first-order valence-corrected chi connectivity index (χ1v) is 4.93. The fraction of sp³-hybridized carbons (Fsp3) is 0.455. The Morgan fingerprint density at radius 3 is 2.57 bits per heavy atom. The number of aryl methyl sites for hydroxylation is 1. The number of ether oxygens (including phenoxy) is 1. The second kappa shape index (κ2) is 4.74. The van der Waals surface area contributed by atoms with Crippen LogP contribution in [-0.4, -0.2) is 13.7 Å². The molecular weight excluding hydrogens is 176 g/mol. The van der Waals surface area contributed by atoms with Crippen molar-refractivity contribution in [2.24, 2.45) is 0 Å². The minimum absolute atomic E-state index is 0.829. The van der Waals surface area contributed by atoms with E-state index < -0.39 is 0 Å². The monoisotopic (exact) mass is 194 g/mol. The fourth-order valence-electron chi connectivity index (χ4n) is 1.43. The first kappa shape index (κ1) is 10.7. The van der Waals surface area contributed by atoms with E-state index in [2.05, 4.69) is 12.2 Å². The number of nitrogens with two attached hydrogens (primary N) is 1. The molecule has 0 heterocycles. The lowest BCUT2D eigenvalue weighted by Gasteiger charge is -2.13. The molecule has 0 aliphatic carbocycles. The van der Waals surface area contributed by atoms with Gasteiger partial charge in [-0.25, -0.2) is 0 Å². The molecule has 1 aromatic carbocycles. The molecule has 3 N–H and O–H groups in total. The number of nitrogen functional groups attached to an aromatic ring is 1. The van der Waals surface area contributed by atoms with Crippen LogP contribution in [-0.2, 0) is 6.42 Å². The summed E-state index contributed by atoms with van der Waals surface area (Å²) in [4.78, 5) is 0. The number of hydrogen-bond acceptors (Lipinski definition) is 3. The predicted octanol–water partition coefficient (Wildman–Crippen LogP) is 2.27. The highest BCUT2D eigenvalue weighted by atomic mass is 16.5. The lowest BCUT2D eigenvalue weighted by Crippen LogP contribution is -2.04. The van der Waals surface area contributed by atoms with Crippen LogP contribution in [0.25, 0.3) is 0 Å². The van der Waals surface area contributed by atoms with Crippen molar-refractivity contribution >= 4 is 11.4 Å². The molecule has 3 nitrogen and oxygen atoms in total. The summed E-state index contributed by atoms with van der Waals surface area (Å²) in [6.45, 7) is 4.99. The summed E-state index contributed by atoms with van der Waals surface area (Å²) in [5, 5.41) is 3.22. The average Bonchev–Trinajstić information content (AvgIpc) is 2.21.